The summed E-state index contributed by atoms with van der Waals surface area (Å²) in [6.45, 7) is 2.23. The van der Waals surface area contributed by atoms with E-state index in [2.05, 4.69) is 11.4 Å². The average molecular weight is 267 g/mol. The largest absolute Gasteiger partial charge is 0.481 e. The van der Waals surface area contributed by atoms with Crippen molar-refractivity contribution in [3.63, 3.8) is 0 Å². The summed E-state index contributed by atoms with van der Waals surface area (Å²) in [7, 11) is 1.60. The first-order chi connectivity index (χ1) is 8.91. The third-order valence-electron chi connectivity index (χ3n) is 3.71. The van der Waals surface area contributed by atoms with E-state index in [9.17, 15) is 14.7 Å². The van der Waals surface area contributed by atoms with E-state index < -0.39 is 11.4 Å². The highest BCUT2D eigenvalue weighted by molar-refractivity contribution is 5.78. The Morgan fingerprint density at radius 2 is 2.05 bits per heavy atom. The molecule has 19 heavy (non-hydrogen) atoms. The van der Waals surface area contributed by atoms with Crippen LogP contribution in [0.2, 0.25) is 0 Å². The van der Waals surface area contributed by atoms with Crippen LogP contribution < -0.4 is 5.32 Å². The summed E-state index contributed by atoms with van der Waals surface area (Å²) < 4.78 is 0. The number of nitrogens with zero attached hydrogens (tertiary/aromatic N) is 2. The van der Waals surface area contributed by atoms with E-state index in [0.717, 1.165) is 12.8 Å². The number of carbonyl (C=O) groups excluding carboxylic acids is 1. The average Bonchev–Trinajstić information content (AvgIpc) is 2.85. The van der Waals surface area contributed by atoms with E-state index in [1.165, 1.54) is 4.90 Å². The number of hydrogen-bond donors (Lipinski definition) is 2. The van der Waals surface area contributed by atoms with Crippen molar-refractivity contribution in [2.24, 2.45) is 11.3 Å². The van der Waals surface area contributed by atoms with Gasteiger partial charge < -0.3 is 15.3 Å². The minimum absolute atomic E-state index is 0.159. The van der Waals surface area contributed by atoms with Crippen LogP contribution in [-0.2, 0) is 4.79 Å². The van der Waals surface area contributed by atoms with Gasteiger partial charge in [0.2, 0.25) is 0 Å². The SMILES string of the molecule is CC(C#N)CN(C)C(=O)NCC1(C(=O)O)CCCC1. The van der Waals surface area contributed by atoms with Crippen LogP contribution in [-0.4, -0.2) is 42.1 Å². The normalized spacial score (nSPS) is 18.4. The second-order valence-corrected chi connectivity index (χ2v) is 5.36. The molecule has 106 valence electrons. The Hall–Kier alpha value is -1.77. The van der Waals surface area contributed by atoms with Crippen LogP contribution in [0.25, 0.3) is 0 Å². The zero-order valence-electron chi connectivity index (χ0n) is 11.5. The fourth-order valence-electron chi connectivity index (χ4n) is 2.43. The van der Waals surface area contributed by atoms with E-state index >= 15 is 0 Å². The Morgan fingerprint density at radius 3 is 2.53 bits per heavy atom. The summed E-state index contributed by atoms with van der Waals surface area (Å²) in [5.74, 6) is -1.07. The highest BCUT2D eigenvalue weighted by Crippen LogP contribution is 2.37. The minimum Gasteiger partial charge on any atom is -0.481 e. The fourth-order valence-corrected chi connectivity index (χ4v) is 2.43. The molecule has 0 aliphatic heterocycles. The molecule has 1 saturated carbocycles. The lowest BCUT2D eigenvalue weighted by molar-refractivity contribution is -0.148. The predicted molar refractivity (Wildman–Crippen MR) is 69.3 cm³/mol. The monoisotopic (exact) mass is 267 g/mol. The first-order valence-corrected chi connectivity index (χ1v) is 6.53. The quantitative estimate of drug-likeness (QED) is 0.788. The van der Waals surface area contributed by atoms with Gasteiger partial charge in [0.15, 0.2) is 0 Å². The van der Waals surface area contributed by atoms with Crippen molar-refractivity contribution < 1.29 is 14.7 Å². The first-order valence-electron chi connectivity index (χ1n) is 6.53. The molecule has 0 aromatic carbocycles. The zero-order valence-corrected chi connectivity index (χ0v) is 11.5. The van der Waals surface area contributed by atoms with Crippen LogP contribution in [0.5, 0.6) is 0 Å². The van der Waals surface area contributed by atoms with Crippen molar-refractivity contribution in [3.8, 4) is 6.07 Å². The van der Waals surface area contributed by atoms with Crippen molar-refractivity contribution in [2.75, 3.05) is 20.1 Å². The standard InChI is InChI=1S/C13H21N3O3/c1-10(7-14)8-16(2)12(19)15-9-13(11(17)18)5-3-4-6-13/h10H,3-6,8-9H2,1-2H3,(H,15,19)(H,17,18). The maximum Gasteiger partial charge on any atom is 0.317 e. The molecule has 1 rings (SSSR count). The minimum atomic E-state index is -0.835. The molecule has 1 atom stereocenters. The van der Waals surface area contributed by atoms with Gasteiger partial charge in [-0.2, -0.15) is 5.26 Å². The van der Waals surface area contributed by atoms with Gasteiger partial charge in [-0.15, -0.1) is 0 Å². The second-order valence-electron chi connectivity index (χ2n) is 5.36. The van der Waals surface area contributed by atoms with Crippen LogP contribution >= 0.6 is 0 Å². The number of urea groups is 1. The van der Waals surface area contributed by atoms with E-state index in [1.54, 1.807) is 14.0 Å². The van der Waals surface area contributed by atoms with E-state index in [1.807, 2.05) is 0 Å². The highest BCUT2D eigenvalue weighted by atomic mass is 16.4. The van der Waals surface area contributed by atoms with Gasteiger partial charge in [0.05, 0.1) is 17.4 Å². The third-order valence-corrected chi connectivity index (χ3v) is 3.71. The maximum absolute atomic E-state index is 11.8. The highest BCUT2D eigenvalue weighted by Gasteiger charge is 2.41. The molecule has 0 radical (unpaired) electrons. The zero-order chi connectivity index (χ0) is 14.5. The molecule has 0 spiro atoms. The molecule has 1 aliphatic carbocycles. The number of carboxylic acids is 1. The molecule has 0 aromatic rings. The molecule has 1 aliphatic rings. The first kappa shape index (κ1) is 15.3. The molecule has 0 saturated heterocycles. The number of nitrogens with one attached hydrogen (secondary N) is 1. The molecular weight excluding hydrogens is 246 g/mol. The van der Waals surface area contributed by atoms with Crippen molar-refractivity contribution in [3.05, 3.63) is 0 Å². The maximum atomic E-state index is 11.8. The van der Waals surface area contributed by atoms with E-state index in [4.69, 9.17) is 5.26 Å². The van der Waals surface area contributed by atoms with E-state index in [-0.39, 0.29) is 18.5 Å². The summed E-state index contributed by atoms with van der Waals surface area (Å²) in [6.07, 6.45) is 3.01. The predicted octanol–water partition coefficient (Wildman–Crippen LogP) is 1.43. The number of rotatable bonds is 5. The topological polar surface area (TPSA) is 93.4 Å². The lowest BCUT2D eigenvalue weighted by Gasteiger charge is -2.26. The molecule has 0 bridgehead atoms. The van der Waals surface area contributed by atoms with Crippen LogP contribution in [0.1, 0.15) is 32.6 Å². The Morgan fingerprint density at radius 1 is 1.47 bits per heavy atom. The van der Waals surface area contributed by atoms with Gasteiger partial charge in [-0.1, -0.05) is 12.8 Å². The molecule has 1 unspecified atom stereocenters. The van der Waals surface area contributed by atoms with Gasteiger partial charge in [-0.25, -0.2) is 4.79 Å². The van der Waals surface area contributed by atoms with Gasteiger partial charge in [0.1, 0.15) is 0 Å². The number of hydrogen-bond acceptors (Lipinski definition) is 3. The Bertz CT molecular complexity index is 383. The second kappa shape index (κ2) is 6.41. The third kappa shape index (κ3) is 3.85. The molecule has 1 fully saturated rings. The fraction of sp³-hybridized carbons (Fsp3) is 0.769. The van der Waals surface area contributed by atoms with Gasteiger partial charge in [-0.05, 0) is 19.8 Å². The number of amides is 2. The Kier molecular flexibility index (Phi) is 5.16. The van der Waals surface area contributed by atoms with Crippen molar-refractivity contribution >= 4 is 12.0 Å². The number of nitriles is 1. The van der Waals surface area contributed by atoms with Crippen molar-refractivity contribution in [1.82, 2.24) is 10.2 Å². The summed E-state index contributed by atoms with van der Waals surface area (Å²) in [6, 6.07) is 1.73. The van der Waals surface area contributed by atoms with E-state index in [0.29, 0.717) is 19.4 Å². The molecule has 0 heterocycles. The molecule has 2 N–H and O–H groups in total. The van der Waals surface area contributed by atoms with Crippen molar-refractivity contribution in [2.45, 2.75) is 32.6 Å². The van der Waals surface area contributed by atoms with Crippen LogP contribution in [0.3, 0.4) is 0 Å². The smallest absolute Gasteiger partial charge is 0.317 e. The van der Waals surface area contributed by atoms with Gasteiger partial charge in [-0.3, -0.25) is 4.79 Å². The summed E-state index contributed by atoms with van der Waals surface area (Å²) in [5.41, 5.74) is -0.808. The number of aliphatic carboxylic acids is 1. The van der Waals surface area contributed by atoms with Crippen LogP contribution in [0.4, 0.5) is 4.79 Å². The summed E-state index contributed by atoms with van der Waals surface area (Å²) >= 11 is 0. The molecule has 0 aromatic heterocycles. The lowest BCUT2D eigenvalue weighted by Crippen LogP contribution is -2.46. The summed E-state index contributed by atoms with van der Waals surface area (Å²) in [5, 5.41) is 20.7. The van der Waals surface area contributed by atoms with Crippen LogP contribution in [0, 0.1) is 22.7 Å². The van der Waals surface area contributed by atoms with Gasteiger partial charge in [0, 0.05) is 20.1 Å². The van der Waals surface area contributed by atoms with Gasteiger partial charge in [0.25, 0.3) is 0 Å². The van der Waals surface area contributed by atoms with Crippen molar-refractivity contribution in [1.29, 1.82) is 5.26 Å². The van der Waals surface area contributed by atoms with Crippen LogP contribution in [0.15, 0.2) is 0 Å². The number of carbonyl (C=O) groups is 2. The molecule has 2 amide bonds. The summed E-state index contributed by atoms with van der Waals surface area (Å²) in [4.78, 5) is 24.6. The van der Waals surface area contributed by atoms with Gasteiger partial charge >= 0.3 is 12.0 Å². The Labute approximate surface area is 113 Å². The lowest BCUT2D eigenvalue weighted by atomic mass is 9.86. The Balaban J connectivity index is 2.49. The molecular formula is C13H21N3O3. The number of carboxylic acid groups (broad SMARTS) is 1. The molecule has 6 nitrogen and oxygen atoms in total. The molecule has 6 heteroatoms.